The lowest BCUT2D eigenvalue weighted by molar-refractivity contribution is -0.157. The van der Waals surface area contributed by atoms with E-state index in [1.165, 1.54) is 18.2 Å². The third-order valence-corrected chi connectivity index (χ3v) is 8.89. The molecule has 0 aliphatic heterocycles. The monoisotopic (exact) mass is 571 g/mol. The Morgan fingerprint density at radius 2 is 1.62 bits per heavy atom. The minimum absolute atomic E-state index is 0.106. The molecule has 0 saturated carbocycles. The summed E-state index contributed by atoms with van der Waals surface area (Å²) in [6.07, 6.45) is 3.23. The first-order chi connectivity index (χ1) is 18.2. The number of fused-ring (bicyclic) bond motifs is 1. The van der Waals surface area contributed by atoms with E-state index in [-0.39, 0.29) is 16.4 Å². The SMILES string of the molecule is CC(C)(C)OC(=O)COc1cccc2c1CCCC2NS(=O)(=O)c1ccc(-c2cccc(S(C)(=O)=O)c2)cc1. The minimum Gasteiger partial charge on any atom is -0.482 e. The highest BCUT2D eigenvalue weighted by atomic mass is 32.2. The largest absolute Gasteiger partial charge is 0.482 e. The van der Waals surface area contributed by atoms with Gasteiger partial charge in [-0.15, -0.1) is 0 Å². The number of hydrogen-bond donors (Lipinski definition) is 1. The van der Waals surface area contributed by atoms with E-state index < -0.39 is 37.5 Å². The minimum atomic E-state index is -3.85. The van der Waals surface area contributed by atoms with Gasteiger partial charge in [0.1, 0.15) is 11.4 Å². The lowest BCUT2D eigenvalue weighted by Crippen LogP contribution is -2.31. The summed E-state index contributed by atoms with van der Waals surface area (Å²) in [5.74, 6) is 0.0718. The van der Waals surface area contributed by atoms with E-state index in [9.17, 15) is 21.6 Å². The predicted octanol–water partition coefficient (Wildman–Crippen LogP) is 4.83. The van der Waals surface area contributed by atoms with Crippen LogP contribution < -0.4 is 9.46 Å². The predicted molar refractivity (Wildman–Crippen MR) is 149 cm³/mol. The van der Waals surface area contributed by atoms with Gasteiger partial charge in [-0.1, -0.05) is 36.4 Å². The van der Waals surface area contributed by atoms with Crippen molar-refractivity contribution in [2.24, 2.45) is 0 Å². The van der Waals surface area contributed by atoms with E-state index in [2.05, 4.69) is 4.72 Å². The Morgan fingerprint density at radius 3 is 2.28 bits per heavy atom. The van der Waals surface area contributed by atoms with Gasteiger partial charge in [0, 0.05) is 12.3 Å². The van der Waals surface area contributed by atoms with Crippen LogP contribution in [-0.4, -0.2) is 41.3 Å². The maximum Gasteiger partial charge on any atom is 0.344 e. The second-order valence-electron chi connectivity index (χ2n) is 10.6. The first-order valence-electron chi connectivity index (χ1n) is 12.6. The summed E-state index contributed by atoms with van der Waals surface area (Å²) in [5.41, 5.74) is 2.46. The molecule has 0 heterocycles. The van der Waals surface area contributed by atoms with Crippen LogP contribution in [0.3, 0.4) is 0 Å². The molecule has 0 aromatic heterocycles. The molecule has 0 amide bonds. The standard InChI is InChI=1S/C29H33NO7S2/c1-29(2,3)37-28(31)19-36-27-13-7-10-24-25(27)11-6-12-26(24)30-39(34,35)22-16-14-20(15-17-22)21-8-5-9-23(18-21)38(4,32)33/h5,7-10,13-18,26,30H,6,11-12,19H2,1-4H3. The molecule has 1 N–H and O–H groups in total. The van der Waals surface area contributed by atoms with E-state index in [0.717, 1.165) is 23.8 Å². The van der Waals surface area contributed by atoms with Gasteiger partial charge in [-0.2, -0.15) is 0 Å². The third-order valence-electron chi connectivity index (χ3n) is 6.29. The zero-order chi connectivity index (χ0) is 28.4. The van der Waals surface area contributed by atoms with E-state index in [1.807, 2.05) is 6.07 Å². The molecule has 208 valence electrons. The topological polar surface area (TPSA) is 116 Å². The van der Waals surface area contributed by atoms with Gasteiger partial charge in [0.25, 0.3) is 0 Å². The number of sulfonamides is 1. The Morgan fingerprint density at radius 1 is 0.923 bits per heavy atom. The third kappa shape index (κ3) is 7.26. The highest BCUT2D eigenvalue weighted by Gasteiger charge is 2.28. The lowest BCUT2D eigenvalue weighted by Gasteiger charge is -2.28. The average molecular weight is 572 g/mol. The highest BCUT2D eigenvalue weighted by molar-refractivity contribution is 7.90. The van der Waals surface area contributed by atoms with Crippen molar-refractivity contribution in [2.75, 3.05) is 12.9 Å². The van der Waals surface area contributed by atoms with Crippen molar-refractivity contribution in [1.82, 2.24) is 4.72 Å². The van der Waals surface area contributed by atoms with Gasteiger partial charge < -0.3 is 9.47 Å². The number of nitrogens with one attached hydrogen (secondary N) is 1. The number of carbonyl (C=O) groups is 1. The van der Waals surface area contributed by atoms with Crippen molar-refractivity contribution in [3.63, 3.8) is 0 Å². The van der Waals surface area contributed by atoms with Crippen LogP contribution in [0.25, 0.3) is 11.1 Å². The molecule has 0 fully saturated rings. The first kappa shape index (κ1) is 28.8. The van der Waals surface area contributed by atoms with Gasteiger partial charge in [-0.25, -0.2) is 26.4 Å². The highest BCUT2D eigenvalue weighted by Crippen LogP contribution is 2.36. The molecule has 1 aliphatic rings. The summed E-state index contributed by atoms with van der Waals surface area (Å²) in [5, 5.41) is 0. The van der Waals surface area contributed by atoms with E-state index in [1.54, 1.807) is 63.2 Å². The molecule has 1 atom stereocenters. The second-order valence-corrected chi connectivity index (χ2v) is 14.3. The van der Waals surface area contributed by atoms with Crippen LogP contribution in [0.5, 0.6) is 5.75 Å². The van der Waals surface area contributed by atoms with Crippen LogP contribution in [-0.2, 0) is 35.8 Å². The van der Waals surface area contributed by atoms with Gasteiger partial charge in [-0.3, -0.25) is 0 Å². The number of hydrogen-bond acceptors (Lipinski definition) is 7. The van der Waals surface area contributed by atoms with Crippen LogP contribution in [0.4, 0.5) is 0 Å². The van der Waals surface area contributed by atoms with Gasteiger partial charge in [0.2, 0.25) is 10.0 Å². The molecule has 4 rings (SSSR count). The summed E-state index contributed by atoms with van der Waals surface area (Å²) < 4.78 is 64.3. The molecule has 3 aromatic carbocycles. The van der Waals surface area contributed by atoms with Crippen molar-refractivity contribution in [1.29, 1.82) is 0 Å². The Kier molecular flexibility index (Phi) is 8.20. The summed E-state index contributed by atoms with van der Waals surface area (Å²) >= 11 is 0. The fraction of sp³-hybridized carbons (Fsp3) is 0.345. The maximum absolute atomic E-state index is 13.3. The molecule has 0 radical (unpaired) electrons. The number of benzene rings is 3. The number of rotatable bonds is 8. The number of ether oxygens (including phenoxy) is 2. The van der Waals surface area contributed by atoms with Crippen LogP contribution in [0.15, 0.2) is 76.5 Å². The number of sulfone groups is 1. The Bertz CT molecular complexity index is 1570. The maximum atomic E-state index is 13.3. The fourth-order valence-corrected chi connectivity index (χ4v) is 6.49. The normalized spacial score (nSPS) is 15.8. The molecule has 10 heteroatoms. The number of carbonyl (C=O) groups excluding carboxylic acids is 1. The van der Waals surface area contributed by atoms with Gasteiger partial charge in [-0.05, 0) is 92.6 Å². The van der Waals surface area contributed by atoms with Crippen molar-refractivity contribution >= 4 is 25.8 Å². The zero-order valence-electron chi connectivity index (χ0n) is 22.4. The van der Waals surface area contributed by atoms with Crippen molar-refractivity contribution < 1.29 is 31.1 Å². The summed E-state index contributed by atoms with van der Waals surface area (Å²) in [6, 6.07) is 17.9. The van der Waals surface area contributed by atoms with E-state index >= 15 is 0 Å². The van der Waals surface area contributed by atoms with E-state index in [0.29, 0.717) is 29.7 Å². The van der Waals surface area contributed by atoms with Gasteiger partial charge >= 0.3 is 5.97 Å². The van der Waals surface area contributed by atoms with Crippen molar-refractivity contribution in [3.05, 3.63) is 77.9 Å². The van der Waals surface area contributed by atoms with Crippen molar-refractivity contribution in [2.45, 2.75) is 61.5 Å². The Labute approximate surface area is 230 Å². The first-order valence-corrected chi connectivity index (χ1v) is 16.0. The smallest absolute Gasteiger partial charge is 0.344 e. The van der Waals surface area contributed by atoms with Crippen LogP contribution in [0.1, 0.15) is 50.8 Å². The van der Waals surface area contributed by atoms with Crippen molar-refractivity contribution in [3.8, 4) is 16.9 Å². The van der Waals surface area contributed by atoms with Crippen LogP contribution in [0.2, 0.25) is 0 Å². The molecular weight excluding hydrogens is 538 g/mol. The Hall–Kier alpha value is -3.21. The van der Waals surface area contributed by atoms with Gasteiger partial charge in [0.15, 0.2) is 16.4 Å². The van der Waals surface area contributed by atoms with Crippen LogP contribution in [0, 0.1) is 0 Å². The number of esters is 1. The van der Waals surface area contributed by atoms with E-state index in [4.69, 9.17) is 9.47 Å². The average Bonchev–Trinajstić information content (AvgIpc) is 2.86. The molecule has 0 bridgehead atoms. The summed E-state index contributed by atoms with van der Waals surface area (Å²) in [4.78, 5) is 12.4. The van der Waals surface area contributed by atoms with Gasteiger partial charge in [0.05, 0.1) is 9.79 Å². The molecule has 0 saturated heterocycles. The molecule has 8 nitrogen and oxygen atoms in total. The molecule has 39 heavy (non-hydrogen) atoms. The Balaban J connectivity index is 1.51. The molecule has 3 aromatic rings. The second kappa shape index (κ2) is 11.1. The molecular formula is C29H33NO7S2. The molecule has 1 aliphatic carbocycles. The fourth-order valence-electron chi connectivity index (χ4n) is 4.57. The molecule has 1 unspecified atom stereocenters. The van der Waals surface area contributed by atoms with Crippen LogP contribution >= 0.6 is 0 Å². The summed E-state index contributed by atoms with van der Waals surface area (Å²) in [6.45, 7) is 5.13. The summed E-state index contributed by atoms with van der Waals surface area (Å²) in [7, 11) is -7.21. The zero-order valence-corrected chi connectivity index (χ0v) is 24.1. The quantitative estimate of drug-likeness (QED) is 0.385. The lowest BCUT2D eigenvalue weighted by atomic mass is 9.87. The molecule has 0 spiro atoms.